The molecule has 0 heterocycles. The minimum atomic E-state index is -0.232. The van der Waals surface area contributed by atoms with Crippen molar-refractivity contribution in [3.63, 3.8) is 0 Å². The van der Waals surface area contributed by atoms with Gasteiger partial charge in [-0.2, -0.15) is 0 Å². The fourth-order valence-corrected chi connectivity index (χ4v) is 0.735. The van der Waals surface area contributed by atoms with E-state index in [-0.39, 0.29) is 11.4 Å². The largest absolute Gasteiger partial charge is 0.463 e. The van der Waals surface area contributed by atoms with E-state index in [1.165, 1.54) is 6.08 Å². The van der Waals surface area contributed by atoms with E-state index in [1.54, 1.807) is 0 Å². The van der Waals surface area contributed by atoms with Crippen molar-refractivity contribution in [2.75, 3.05) is 6.61 Å². The van der Waals surface area contributed by atoms with Crippen LogP contribution in [0.25, 0.3) is 0 Å². The fourth-order valence-electron chi connectivity index (χ4n) is 0.735. The van der Waals surface area contributed by atoms with Gasteiger partial charge in [-0.25, -0.2) is 4.79 Å². The molecule has 0 aliphatic heterocycles. The lowest BCUT2D eigenvalue weighted by Crippen LogP contribution is -2.11. The molecular weight excluding hydrogens is 164 g/mol. The van der Waals surface area contributed by atoms with Gasteiger partial charge in [-0.15, -0.1) is 0 Å². The van der Waals surface area contributed by atoms with Gasteiger partial charge >= 0.3 is 5.97 Å². The van der Waals surface area contributed by atoms with Gasteiger partial charge in [-0.05, 0) is 25.7 Å². The minimum Gasteiger partial charge on any atom is -0.463 e. The molecule has 0 aromatic carbocycles. The van der Waals surface area contributed by atoms with E-state index in [0.29, 0.717) is 6.61 Å². The molecule has 0 N–H and O–H groups in total. The monoisotopic (exact) mass is 184 g/mol. The molecule has 0 atom stereocenters. The Bertz CT molecular complexity index is 193. The molecule has 0 saturated heterocycles. The summed E-state index contributed by atoms with van der Waals surface area (Å²) in [5.74, 6) is -0.232. The van der Waals surface area contributed by atoms with E-state index in [2.05, 4.69) is 20.8 Å². The summed E-state index contributed by atoms with van der Waals surface area (Å²) in [6.07, 6.45) is 2.41. The van der Waals surface area contributed by atoms with Gasteiger partial charge in [-0.1, -0.05) is 26.3 Å². The van der Waals surface area contributed by atoms with Gasteiger partial charge in [-0.3, -0.25) is 0 Å². The van der Waals surface area contributed by atoms with Crippen LogP contribution in [0.3, 0.4) is 0 Å². The summed E-state index contributed by atoms with van der Waals surface area (Å²) >= 11 is 0. The van der Waals surface area contributed by atoms with E-state index >= 15 is 0 Å². The highest BCUT2D eigenvalue weighted by Gasteiger charge is 2.10. The zero-order valence-electron chi connectivity index (χ0n) is 9.31. The first-order valence-corrected chi connectivity index (χ1v) is 4.63. The predicted octanol–water partition coefficient (Wildman–Crippen LogP) is 2.93. The Morgan fingerprint density at radius 3 is 2.23 bits per heavy atom. The Kier molecular flexibility index (Phi) is 4.74. The Hall–Kier alpha value is -0.790. The van der Waals surface area contributed by atoms with Crippen LogP contribution in [-0.4, -0.2) is 12.6 Å². The van der Waals surface area contributed by atoms with Crippen LogP contribution in [0.5, 0.6) is 0 Å². The Morgan fingerprint density at radius 1 is 1.31 bits per heavy atom. The van der Waals surface area contributed by atoms with E-state index in [9.17, 15) is 4.79 Å². The molecule has 0 rings (SSSR count). The molecule has 2 nitrogen and oxygen atoms in total. The molecule has 0 aromatic heterocycles. The van der Waals surface area contributed by atoms with Gasteiger partial charge in [0.2, 0.25) is 0 Å². The maximum absolute atomic E-state index is 11.0. The second kappa shape index (κ2) is 5.05. The quantitative estimate of drug-likeness (QED) is 0.498. The van der Waals surface area contributed by atoms with Gasteiger partial charge in [0.15, 0.2) is 0 Å². The summed E-state index contributed by atoms with van der Waals surface area (Å²) < 4.78 is 5.01. The summed E-state index contributed by atoms with van der Waals surface area (Å²) in [4.78, 5) is 11.0. The number of hydrogen-bond acceptors (Lipinski definition) is 2. The van der Waals surface area contributed by atoms with E-state index in [4.69, 9.17) is 4.74 Å². The third kappa shape index (κ3) is 9.12. The van der Waals surface area contributed by atoms with Gasteiger partial charge in [0, 0.05) is 6.08 Å². The first kappa shape index (κ1) is 12.2. The van der Waals surface area contributed by atoms with Gasteiger partial charge in [0.05, 0.1) is 6.61 Å². The number of rotatable bonds is 3. The zero-order valence-corrected chi connectivity index (χ0v) is 9.31. The molecular formula is C11H20O2. The molecule has 0 amide bonds. The highest BCUT2D eigenvalue weighted by Crippen LogP contribution is 2.17. The minimum absolute atomic E-state index is 0.227. The fraction of sp³-hybridized carbons (Fsp3) is 0.727. The average molecular weight is 184 g/mol. The first-order chi connectivity index (χ1) is 5.81. The topological polar surface area (TPSA) is 26.3 Å². The van der Waals surface area contributed by atoms with Crippen LogP contribution in [0.4, 0.5) is 0 Å². The lowest BCUT2D eigenvalue weighted by molar-refractivity contribution is -0.138. The van der Waals surface area contributed by atoms with Crippen LogP contribution in [0.15, 0.2) is 11.6 Å². The maximum atomic E-state index is 11.0. The molecule has 13 heavy (non-hydrogen) atoms. The number of allylic oxidation sites excluding steroid dienone is 1. The van der Waals surface area contributed by atoms with Crippen molar-refractivity contribution in [2.24, 2.45) is 5.41 Å². The van der Waals surface area contributed by atoms with Crippen molar-refractivity contribution in [1.29, 1.82) is 0 Å². The maximum Gasteiger partial charge on any atom is 0.330 e. The average Bonchev–Trinajstić information content (AvgIpc) is 1.81. The number of esters is 1. The molecule has 0 aromatic rings. The van der Waals surface area contributed by atoms with Crippen molar-refractivity contribution >= 4 is 5.97 Å². The molecule has 0 aliphatic carbocycles. The Labute approximate surface area is 81.0 Å². The summed E-state index contributed by atoms with van der Waals surface area (Å²) in [7, 11) is 0. The van der Waals surface area contributed by atoms with E-state index in [0.717, 1.165) is 12.0 Å². The Morgan fingerprint density at radius 2 is 1.85 bits per heavy atom. The van der Waals surface area contributed by atoms with Crippen molar-refractivity contribution in [3.05, 3.63) is 11.6 Å². The second-order valence-electron chi connectivity index (χ2n) is 4.70. The van der Waals surface area contributed by atoms with Crippen LogP contribution >= 0.6 is 0 Å². The van der Waals surface area contributed by atoms with Crippen molar-refractivity contribution in [3.8, 4) is 0 Å². The lowest BCUT2D eigenvalue weighted by Gasteiger charge is -2.17. The first-order valence-electron chi connectivity index (χ1n) is 4.63. The van der Waals surface area contributed by atoms with Gasteiger partial charge in [0.1, 0.15) is 0 Å². The molecule has 2 heteroatoms. The van der Waals surface area contributed by atoms with Crippen molar-refractivity contribution < 1.29 is 9.53 Å². The van der Waals surface area contributed by atoms with Crippen molar-refractivity contribution in [1.82, 2.24) is 0 Å². The van der Waals surface area contributed by atoms with E-state index in [1.807, 2.05) is 13.8 Å². The lowest BCUT2D eigenvalue weighted by atomic mass is 9.93. The molecule has 0 spiro atoms. The number of ether oxygens (including phenoxy) is 1. The van der Waals surface area contributed by atoms with Crippen LogP contribution in [0, 0.1) is 5.41 Å². The number of carbonyl (C=O) groups excluding carboxylic acids is 1. The van der Waals surface area contributed by atoms with Crippen LogP contribution in [0.2, 0.25) is 0 Å². The van der Waals surface area contributed by atoms with Crippen LogP contribution in [0.1, 0.15) is 41.0 Å². The highest BCUT2D eigenvalue weighted by molar-refractivity contribution is 5.82. The van der Waals surface area contributed by atoms with Crippen LogP contribution < -0.4 is 0 Å². The molecule has 0 saturated carbocycles. The number of hydrogen-bond donors (Lipinski definition) is 0. The van der Waals surface area contributed by atoms with Gasteiger partial charge in [0.25, 0.3) is 0 Å². The van der Waals surface area contributed by atoms with Crippen molar-refractivity contribution in [2.45, 2.75) is 41.0 Å². The third-order valence-electron chi connectivity index (χ3n) is 1.50. The standard InChI is InChI=1S/C11H20O2/c1-9(2)8-10(12)13-7-6-11(3,4)5/h8H,6-7H2,1-5H3. The summed E-state index contributed by atoms with van der Waals surface area (Å²) in [5, 5.41) is 0. The van der Waals surface area contributed by atoms with Crippen LogP contribution in [-0.2, 0) is 9.53 Å². The smallest absolute Gasteiger partial charge is 0.330 e. The van der Waals surface area contributed by atoms with E-state index < -0.39 is 0 Å². The predicted molar refractivity (Wildman–Crippen MR) is 54.5 cm³/mol. The molecule has 0 unspecified atom stereocenters. The number of carbonyl (C=O) groups is 1. The highest BCUT2D eigenvalue weighted by atomic mass is 16.5. The SMILES string of the molecule is CC(C)=CC(=O)OCCC(C)(C)C. The summed E-state index contributed by atoms with van der Waals surface area (Å²) in [5.41, 5.74) is 1.20. The zero-order chi connectivity index (χ0) is 10.5. The molecule has 0 bridgehead atoms. The third-order valence-corrected chi connectivity index (χ3v) is 1.50. The molecule has 0 fully saturated rings. The normalized spacial score (nSPS) is 10.8. The van der Waals surface area contributed by atoms with Gasteiger partial charge < -0.3 is 4.74 Å². The molecule has 76 valence electrons. The molecule has 0 aliphatic rings. The molecule has 0 radical (unpaired) electrons. The summed E-state index contributed by atoms with van der Waals surface area (Å²) in [6.45, 7) is 10.6. The Balaban J connectivity index is 3.67. The summed E-state index contributed by atoms with van der Waals surface area (Å²) in [6, 6.07) is 0. The second-order valence-corrected chi connectivity index (χ2v) is 4.70.